The number of ether oxygens (including phenoxy) is 1. The molecule has 1 aliphatic carbocycles. The van der Waals surface area contributed by atoms with Gasteiger partial charge in [0.2, 0.25) is 0 Å². The minimum absolute atomic E-state index is 0.536. The molecule has 2 aliphatic heterocycles. The third kappa shape index (κ3) is 1.08. The Morgan fingerprint density at radius 3 is 2.75 bits per heavy atom. The molecule has 0 aromatic carbocycles. The lowest BCUT2D eigenvalue weighted by Crippen LogP contribution is -2.60. The number of piperazine rings is 1. The van der Waals surface area contributed by atoms with Gasteiger partial charge in [-0.15, -0.1) is 0 Å². The molecule has 2 saturated heterocycles. The van der Waals surface area contributed by atoms with E-state index in [-0.39, 0.29) is 0 Å². The van der Waals surface area contributed by atoms with Crippen molar-refractivity contribution in [3.63, 3.8) is 0 Å². The molecule has 3 rings (SSSR count). The van der Waals surface area contributed by atoms with E-state index in [1.165, 1.54) is 32.5 Å². The third-order valence-corrected chi connectivity index (χ3v) is 3.40. The minimum Gasteiger partial charge on any atom is -0.378 e. The molecule has 1 N–H and O–H groups in total. The van der Waals surface area contributed by atoms with Crippen molar-refractivity contribution in [1.29, 1.82) is 0 Å². The summed E-state index contributed by atoms with van der Waals surface area (Å²) in [6, 6.07) is 0.740. The Bertz CT molecular complexity index is 187. The summed E-state index contributed by atoms with van der Waals surface area (Å²) in [6.45, 7) is 5.60. The molecule has 2 heterocycles. The summed E-state index contributed by atoms with van der Waals surface area (Å²) in [6.07, 6.45) is 2.77. The van der Waals surface area contributed by atoms with Crippen LogP contribution in [-0.2, 0) is 4.74 Å². The van der Waals surface area contributed by atoms with Gasteiger partial charge in [0.05, 0.1) is 19.3 Å². The fourth-order valence-electron chi connectivity index (χ4n) is 2.22. The maximum Gasteiger partial charge on any atom is 0.0645 e. The zero-order valence-corrected chi connectivity index (χ0v) is 7.38. The number of nitrogens with zero attached hydrogens (tertiary/aromatic N) is 1. The number of hydrogen-bond acceptors (Lipinski definition) is 3. The summed E-state index contributed by atoms with van der Waals surface area (Å²) in [5.74, 6) is 0. The fraction of sp³-hybridized carbons (Fsp3) is 1.00. The Hall–Kier alpha value is -0.120. The van der Waals surface area contributed by atoms with Gasteiger partial charge in [0, 0.05) is 25.2 Å². The second-order valence-electron chi connectivity index (χ2n) is 4.37. The molecule has 3 aliphatic rings. The molecule has 3 nitrogen and oxygen atoms in total. The van der Waals surface area contributed by atoms with Crippen LogP contribution in [0, 0.1) is 0 Å². The summed E-state index contributed by atoms with van der Waals surface area (Å²) in [5.41, 5.74) is 0.536. The highest BCUT2D eigenvalue weighted by molar-refractivity contribution is 5.07. The van der Waals surface area contributed by atoms with Crippen LogP contribution in [-0.4, -0.2) is 49.3 Å². The average molecular weight is 168 g/mol. The highest BCUT2D eigenvalue weighted by atomic mass is 16.5. The summed E-state index contributed by atoms with van der Waals surface area (Å²) in [7, 11) is 0. The highest BCUT2D eigenvalue weighted by Crippen LogP contribution is 2.38. The van der Waals surface area contributed by atoms with Gasteiger partial charge in [-0.2, -0.15) is 0 Å². The van der Waals surface area contributed by atoms with E-state index in [0.29, 0.717) is 5.54 Å². The second kappa shape index (κ2) is 2.44. The zero-order chi connectivity index (χ0) is 8.02. The Morgan fingerprint density at radius 2 is 2.17 bits per heavy atom. The van der Waals surface area contributed by atoms with Crippen LogP contribution in [0.1, 0.15) is 12.8 Å². The first kappa shape index (κ1) is 7.30. The van der Waals surface area contributed by atoms with E-state index in [1.807, 2.05) is 0 Å². The molecular formula is C9H16N2O. The van der Waals surface area contributed by atoms with E-state index in [1.54, 1.807) is 0 Å². The minimum atomic E-state index is 0.536. The lowest BCUT2D eigenvalue weighted by molar-refractivity contribution is -0.0736. The lowest BCUT2D eigenvalue weighted by atomic mass is 10.1. The molecule has 12 heavy (non-hydrogen) atoms. The van der Waals surface area contributed by atoms with E-state index < -0.39 is 0 Å². The topological polar surface area (TPSA) is 24.5 Å². The van der Waals surface area contributed by atoms with E-state index in [2.05, 4.69) is 10.2 Å². The van der Waals surface area contributed by atoms with Crippen molar-refractivity contribution in [1.82, 2.24) is 10.2 Å². The molecule has 0 bridgehead atoms. The third-order valence-electron chi connectivity index (χ3n) is 3.40. The fourth-order valence-corrected chi connectivity index (χ4v) is 2.22. The van der Waals surface area contributed by atoms with Crippen molar-refractivity contribution in [2.75, 3.05) is 32.8 Å². The Labute approximate surface area is 73.1 Å². The van der Waals surface area contributed by atoms with E-state index in [0.717, 1.165) is 19.3 Å². The van der Waals surface area contributed by atoms with Gasteiger partial charge in [-0.05, 0) is 12.8 Å². The van der Waals surface area contributed by atoms with Crippen LogP contribution in [0.5, 0.6) is 0 Å². The molecule has 3 fully saturated rings. The summed E-state index contributed by atoms with van der Waals surface area (Å²) in [5, 5.41) is 3.62. The second-order valence-corrected chi connectivity index (χ2v) is 4.37. The van der Waals surface area contributed by atoms with Gasteiger partial charge in [-0.1, -0.05) is 0 Å². The van der Waals surface area contributed by atoms with Crippen molar-refractivity contribution < 1.29 is 4.74 Å². The van der Waals surface area contributed by atoms with Crippen LogP contribution in [0.25, 0.3) is 0 Å². The van der Waals surface area contributed by atoms with Crippen LogP contribution in [0.15, 0.2) is 0 Å². The van der Waals surface area contributed by atoms with Crippen LogP contribution < -0.4 is 5.32 Å². The van der Waals surface area contributed by atoms with Crippen molar-refractivity contribution >= 4 is 0 Å². The quantitative estimate of drug-likeness (QED) is 0.588. The molecule has 0 aromatic rings. The van der Waals surface area contributed by atoms with Gasteiger partial charge in [0.1, 0.15) is 0 Å². The van der Waals surface area contributed by atoms with Gasteiger partial charge in [0.25, 0.3) is 0 Å². The molecule has 1 saturated carbocycles. The Kier molecular flexibility index (Phi) is 1.48. The van der Waals surface area contributed by atoms with Crippen LogP contribution in [0.4, 0.5) is 0 Å². The summed E-state index contributed by atoms with van der Waals surface area (Å²) in [4.78, 5) is 2.60. The van der Waals surface area contributed by atoms with E-state index in [4.69, 9.17) is 4.74 Å². The predicted octanol–water partition coefficient (Wildman–Crippen LogP) is -0.177. The lowest BCUT2D eigenvalue weighted by Gasteiger charge is -2.42. The molecule has 0 amide bonds. The van der Waals surface area contributed by atoms with Crippen LogP contribution in [0.3, 0.4) is 0 Å². The highest BCUT2D eigenvalue weighted by Gasteiger charge is 2.47. The average Bonchev–Trinajstić information content (AvgIpc) is 2.66. The van der Waals surface area contributed by atoms with Gasteiger partial charge < -0.3 is 10.1 Å². The Morgan fingerprint density at radius 1 is 1.33 bits per heavy atom. The van der Waals surface area contributed by atoms with Crippen molar-refractivity contribution in [3.05, 3.63) is 0 Å². The van der Waals surface area contributed by atoms with Crippen LogP contribution >= 0.6 is 0 Å². The molecular weight excluding hydrogens is 152 g/mol. The first-order valence-corrected chi connectivity index (χ1v) is 4.95. The normalized spacial score (nSPS) is 35.0. The van der Waals surface area contributed by atoms with Gasteiger partial charge >= 0.3 is 0 Å². The van der Waals surface area contributed by atoms with E-state index >= 15 is 0 Å². The number of nitrogens with one attached hydrogen (secondary N) is 1. The standard InChI is InChI=1S/C9H16N2O/c1-2-9(1)7-11(4-3-10-9)8-5-12-6-8/h8,10H,1-7H2. The molecule has 68 valence electrons. The smallest absolute Gasteiger partial charge is 0.0645 e. The van der Waals surface area contributed by atoms with Gasteiger partial charge in [0.15, 0.2) is 0 Å². The largest absolute Gasteiger partial charge is 0.378 e. The summed E-state index contributed by atoms with van der Waals surface area (Å²) < 4.78 is 5.21. The molecule has 0 unspecified atom stereocenters. The number of hydrogen-bond donors (Lipinski definition) is 1. The molecule has 0 aromatic heterocycles. The van der Waals surface area contributed by atoms with Crippen molar-refractivity contribution in [3.8, 4) is 0 Å². The Balaban J connectivity index is 1.63. The maximum absolute atomic E-state index is 5.21. The van der Waals surface area contributed by atoms with Crippen molar-refractivity contribution in [2.45, 2.75) is 24.4 Å². The molecule has 0 atom stereocenters. The molecule has 0 radical (unpaired) electrons. The molecule has 1 spiro atoms. The first-order valence-electron chi connectivity index (χ1n) is 4.95. The van der Waals surface area contributed by atoms with Crippen molar-refractivity contribution in [2.24, 2.45) is 0 Å². The molecule has 3 heteroatoms. The maximum atomic E-state index is 5.21. The summed E-state index contributed by atoms with van der Waals surface area (Å²) >= 11 is 0. The first-order chi connectivity index (χ1) is 5.88. The SMILES string of the molecule is C1CN(C2COC2)CC2(CC2)N1. The predicted molar refractivity (Wildman–Crippen MR) is 46.1 cm³/mol. The monoisotopic (exact) mass is 168 g/mol. The number of rotatable bonds is 1. The van der Waals surface area contributed by atoms with Crippen LogP contribution in [0.2, 0.25) is 0 Å². The zero-order valence-electron chi connectivity index (χ0n) is 7.38. The van der Waals surface area contributed by atoms with Gasteiger partial charge in [-0.25, -0.2) is 0 Å². The van der Waals surface area contributed by atoms with Gasteiger partial charge in [-0.3, -0.25) is 4.90 Å². The van der Waals surface area contributed by atoms with E-state index in [9.17, 15) is 0 Å².